The third-order valence-corrected chi connectivity index (χ3v) is 11.7. The predicted molar refractivity (Wildman–Crippen MR) is 238 cm³/mol. The van der Waals surface area contributed by atoms with Crippen molar-refractivity contribution in [2.45, 2.75) is 262 Å². The average Bonchev–Trinajstić information content (AvgIpc) is 3.23. The van der Waals surface area contributed by atoms with Crippen LogP contribution in [0.1, 0.15) is 206 Å². The van der Waals surface area contributed by atoms with E-state index in [1.807, 2.05) is 0 Å². The third kappa shape index (κ3) is 28.0. The molecule has 11 heteroatoms. The molecular formula is C48H91NO10. The molecule has 0 aromatic rings. The van der Waals surface area contributed by atoms with Gasteiger partial charge in [-0.1, -0.05) is 179 Å². The summed E-state index contributed by atoms with van der Waals surface area (Å²) in [5.41, 5.74) is 0. The zero-order valence-corrected chi connectivity index (χ0v) is 37.5. The van der Waals surface area contributed by atoms with E-state index in [2.05, 4.69) is 43.5 Å². The van der Waals surface area contributed by atoms with Crippen LogP contribution < -0.4 is 5.32 Å². The van der Waals surface area contributed by atoms with Crippen molar-refractivity contribution in [3.63, 3.8) is 0 Å². The van der Waals surface area contributed by atoms with Gasteiger partial charge in [-0.25, -0.2) is 0 Å². The number of aliphatic hydroxyl groups excluding tert-OH is 7. The van der Waals surface area contributed by atoms with E-state index in [9.17, 15) is 40.5 Å². The first-order valence-electron chi connectivity index (χ1n) is 24.2. The van der Waals surface area contributed by atoms with Crippen molar-refractivity contribution in [2.24, 2.45) is 0 Å². The zero-order valence-electron chi connectivity index (χ0n) is 37.5. The molecule has 0 aromatic heterocycles. The van der Waals surface area contributed by atoms with Gasteiger partial charge in [0.25, 0.3) is 0 Å². The Labute approximate surface area is 359 Å². The van der Waals surface area contributed by atoms with Gasteiger partial charge >= 0.3 is 0 Å². The molecule has 348 valence electrons. The molecule has 9 unspecified atom stereocenters. The van der Waals surface area contributed by atoms with Crippen LogP contribution in [0.15, 0.2) is 24.3 Å². The summed E-state index contributed by atoms with van der Waals surface area (Å²) < 4.78 is 11.1. The number of allylic oxidation sites excluding steroid dienone is 4. The van der Waals surface area contributed by atoms with Crippen molar-refractivity contribution >= 4 is 5.91 Å². The van der Waals surface area contributed by atoms with Gasteiger partial charge in [-0.3, -0.25) is 4.79 Å². The van der Waals surface area contributed by atoms with Crippen LogP contribution in [-0.2, 0) is 14.3 Å². The lowest BCUT2D eigenvalue weighted by molar-refractivity contribution is -0.303. The molecule has 8 N–H and O–H groups in total. The van der Waals surface area contributed by atoms with Crippen molar-refractivity contribution in [1.82, 2.24) is 5.32 Å². The first kappa shape index (κ1) is 55.6. The summed E-state index contributed by atoms with van der Waals surface area (Å²) >= 11 is 0. The number of ether oxygens (including phenoxy) is 2. The van der Waals surface area contributed by atoms with Crippen LogP contribution in [0.5, 0.6) is 0 Å². The monoisotopic (exact) mass is 842 g/mol. The summed E-state index contributed by atoms with van der Waals surface area (Å²) in [6, 6.07) is -1.19. The number of hydrogen-bond acceptors (Lipinski definition) is 10. The molecule has 1 amide bonds. The van der Waals surface area contributed by atoms with Crippen LogP contribution >= 0.6 is 0 Å². The number of hydrogen-bond donors (Lipinski definition) is 8. The predicted octanol–water partition coefficient (Wildman–Crippen LogP) is 8.23. The summed E-state index contributed by atoms with van der Waals surface area (Å²) in [5, 5.41) is 75.7. The number of unbranched alkanes of at least 4 members (excludes halogenated alkanes) is 24. The van der Waals surface area contributed by atoms with Crippen LogP contribution in [0, 0.1) is 0 Å². The van der Waals surface area contributed by atoms with Crippen LogP contribution in [0.2, 0.25) is 0 Å². The normalized spacial score (nSPS) is 21.9. The minimum atomic E-state index is -1.67. The largest absolute Gasteiger partial charge is 0.394 e. The van der Waals surface area contributed by atoms with Crippen LogP contribution in [0.4, 0.5) is 0 Å². The molecule has 1 saturated heterocycles. The first-order valence-corrected chi connectivity index (χ1v) is 24.2. The van der Waals surface area contributed by atoms with Crippen molar-refractivity contribution in [1.29, 1.82) is 0 Å². The minimum Gasteiger partial charge on any atom is -0.394 e. The Morgan fingerprint density at radius 3 is 1.51 bits per heavy atom. The summed E-state index contributed by atoms with van der Waals surface area (Å²) in [6.07, 6.45) is 30.8. The highest BCUT2D eigenvalue weighted by molar-refractivity contribution is 5.80. The second-order valence-corrected chi connectivity index (χ2v) is 17.2. The number of carbonyl (C=O) groups is 1. The van der Waals surface area contributed by atoms with Gasteiger partial charge in [0, 0.05) is 0 Å². The van der Waals surface area contributed by atoms with Gasteiger partial charge in [-0.15, -0.1) is 0 Å². The maximum atomic E-state index is 13.1. The fourth-order valence-corrected chi connectivity index (χ4v) is 7.69. The number of rotatable bonds is 40. The van der Waals surface area contributed by atoms with Crippen LogP contribution in [0.3, 0.4) is 0 Å². The number of nitrogens with one attached hydrogen (secondary N) is 1. The van der Waals surface area contributed by atoms with Crippen LogP contribution in [-0.4, -0.2) is 110 Å². The molecule has 59 heavy (non-hydrogen) atoms. The zero-order chi connectivity index (χ0) is 43.4. The van der Waals surface area contributed by atoms with Crippen molar-refractivity contribution in [3.05, 3.63) is 24.3 Å². The van der Waals surface area contributed by atoms with E-state index in [4.69, 9.17) is 9.47 Å². The highest BCUT2D eigenvalue weighted by Crippen LogP contribution is 2.23. The number of aliphatic hydroxyl groups is 7. The Morgan fingerprint density at radius 2 is 1.02 bits per heavy atom. The molecule has 0 radical (unpaired) electrons. The molecule has 0 bridgehead atoms. The summed E-state index contributed by atoms with van der Waals surface area (Å²) in [4.78, 5) is 13.1. The molecule has 1 fully saturated rings. The highest BCUT2D eigenvalue weighted by Gasteiger charge is 2.44. The van der Waals surface area contributed by atoms with E-state index in [0.29, 0.717) is 19.3 Å². The van der Waals surface area contributed by atoms with Gasteiger partial charge in [-0.05, 0) is 51.4 Å². The van der Waals surface area contributed by atoms with Crippen molar-refractivity contribution in [3.8, 4) is 0 Å². The maximum Gasteiger partial charge on any atom is 0.249 e. The lowest BCUT2D eigenvalue weighted by Crippen LogP contribution is -2.60. The lowest BCUT2D eigenvalue weighted by Gasteiger charge is -2.40. The Bertz CT molecular complexity index is 1010. The van der Waals surface area contributed by atoms with Gasteiger partial charge in [0.2, 0.25) is 5.91 Å². The molecule has 0 saturated carbocycles. The quantitative estimate of drug-likeness (QED) is 0.0221. The first-order chi connectivity index (χ1) is 28.7. The lowest BCUT2D eigenvalue weighted by atomic mass is 9.98. The van der Waals surface area contributed by atoms with E-state index in [1.54, 1.807) is 0 Å². The topological polar surface area (TPSA) is 189 Å². The van der Waals surface area contributed by atoms with Crippen molar-refractivity contribution < 1.29 is 50.0 Å². The second-order valence-electron chi connectivity index (χ2n) is 17.2. The van der Waals surface area contributed by atoms with E-state index >= 15 is 0 Å². The highest BCUT2D eigenvalue weighted by atomic mass is 16.7. The molecule has 1 aliphatic heterocycles. The molecule has 0 aromatic carbocycles. The third-order valence-electron chi connectivity index (χ3n) is 11.7. The Kier molecular flexibility index (Phi) is 36.1. The molecule has 1 rings (SSSR count). The maximum absolute atomic E-state index is 13.1. The standard InChI is InChI=1S/C48H91NO10/c1-3-5-7-9-11-13-15-17-19-21-23-25-27-29-31-33-35-40(51)43(53)39(38-58-48-46(56)45(55)44(54)42(37-50)59-48)49-47(57)41(52)36-34-32-30-28-26-24-22-20-18-16-14-12-10-8-6-4-2/h19,21,27,29,39-46,48,50-56H,3-18,20,22-26,28,30-38H2,1-2H3,(H,49,57)/b21-19+,29-27+. The molecule has 11 nitrogen and oxygen atoms in total. The fourth-order valence-electron chi connectivity index (χ4n) is 7.69. The summed E-state index contributed by atoms with van der Waals surface area (Å²) in [7, 11) is 0. The Morgan fingerprint density at radius 1 is 0.576 bits per heavy atom. The van der Waals surface area contributed by atoms with E-state index in [0.717, 1.165) is 38.5 Å². The van der Waals surface area contributed by atoms with E-state index in [1.165, 1.54) is 122 Å². The molecular weight excluding hydrogens is 751 g/mol. The second kappa shape index (κ2) is 38.3. The molecule has 0 aliphatic carbocycles. The Hall–Kier alpha value is -1.41. The van der Waals surface area contributed by atoms with Gasteiger partial charge < -0.3 is 50.5 Å². The SMILES string of the molecule is CCCCCCCCC/C=C/CC/C=C/CCCC(O)C(O)C(COC1OC(CO)C(O)C(O)C1O)NC(=O)C(O)CCCCCCCCCCCCCCCCCC. The molecule has 0 spiro atoms. The van der Waals surface area contributed by atoms with Crippen LogP contribution in [0.25, 0.3) is 0 Å². The van der Waals surface area contributed by atoms with Gasteiger partial charge in [0.15, 0.2) is 6.29 Å². The summed E-state index contributed by atoms with van der Waals surface area (Å²) in [6.45, 7) is 3.42. The number of carbonyl (C=O) groups excluding carboxylic acids is 1. The Balaban J connectivity index is 2.46. The molecule has 1 aliphatic rings. The molecule has 9 atom stereocenters. The van der Waals surface area contributed by atoms with Gasteiger partial charge in [0.05, 0.1) is 25.4 Å². The average molecular weight is 842 g/mol. The summed E-state index contributed by atoms with van der Waals surface area (Å²) in [5.74, 6) is -0.709. The van der Waals surface area contributed by atoms with E-state index < -0.39 is 74.2 Å². The van der Waals surface area contributed by atoms with Gasteiger partial charge in [-0.2, -0.15) is 0 Å². The van der Waals surface area contributed by atoms with Crippen molar-refractivity contribution in [2.75, 3.05) is 13.2 Å². The minimum absolute atomic E-state index is 0.248. The smallest absolute Gasteiger partial charge is 0.249 e. The van der Waals surface area contributed by atoms with E-state index in [-0.39, 0.29) is 12.8 Å². The van der Waals surface area contributed by atoms with Gasteiger partial charge in [0.1, 0.15) is 36.6 Å². The molecule has 1 heterocycles. The number of amides is 1. The fraction of sp³-hybridized carbons (Fsp3) is 0.896.